The molecule has 0 aliphatic heterocycles. The lowest BCUT2D eigenvalue weighted by Crippen LogP contribution is -2.35. The highest BCUT2D eigenvalue weighted by Crippen LogP contribution is 2.25. The van der Waals surface area contributed by atoms with Crippen LogP contribution in [0.5, 0.6) is 5.75 Å². The van der Waals surface area contributed by atoms with Gasteiger partial charge in [0.2, 0.25) is 0 Å². The smallest absolute Gasteiger partial charge is 0.118 e. The monoisotopic (exact) mass is 320 g/mol. The number of halogens is 1. The Labute approximate surface area is 121 Å². The highest BCUT2D eigenvalue weighted by atomic mass is 79.9. The molecule has 0 saturated carbocycles. The van der Waals surface area contributed by atoms with Crippen molar-refractivity contribution >= 4 is 15.9 Å². The highest BCUT2D eigenvalue weighted by Gasteiger charge is 2.22. The molecule has 1 aromatic heterocycles. The van der Waals surface area contributed by atoms with Crippen LogP contribution in [0.3, 0.4) is 0 Å². The minimum Gasteiger partial charge on any atom is -0.497 e. The lowest BCUT2D eigenvalue weighted by Gasteiger charge is -2.25. The number of hydrogen-bond acceptors (Lipinski definition) is 3. The molecule has 2 aromatic rings. The van der Waals surface area contributed by atoms with Gasteiger partial charge in [0.05, 0.1) is 7.11 Å². The van der Waals surface area contributed by atoms with Gasteiger partial charge in [-0.05, 0) is 58.6 Å². The van der Waals surface area contributed by atoms with Crippen LogP contribution in [-0.4, -0.2) is 12.1 Å². The zero-order valence-electron chi connectivity index (χ0n) is 11.1. The molecule has 0 radical (unpaired) electrons. The minimum atomic E-state index is -0.436. The Morgan fingerprint density at radius 1 is 1.26 bits per heavy atom. The molecule has 0 fully saturated rings. The molecular formula is C15H17BrN2O. The summed E-state index contributed by atoms with van der Waals surface area (Å²) in [4.78, 5) is 4.17. The second-order valence-corrected chi connectivity index (χ2v) is 5.75. The van der Waals surface area contributed by atoms with Gasteiger partial charge in [-0.25, -0.2) is 0 Å². The Hall–Kier alpha value is -1.39. The molecule has 0 spiro atoms. The van der Waals surface area contributed by atoms with E-state index in [9.17, 15) is 0 Å². The van der Waals surface area contributed by atoms with Crippen LogP contribution in [-0.2, 0) is 12.0 Å². The van der Waals surface area contributed by atoms with Gasteiger partial charge in [0.1, 0.15) is 5.75 Å². The summed E-state index contributed by atoms with van der Waals surface area (Å²) in [6.07, 6.45) is 4.34. The van der Waals surface area contributed by atoms with Crippen molar-refractivity contribution in [3.8, 4) is 5.75 Å². The molecule has 3 nitrogen and oxygen atoms in total. The van der Waals surface area contributed by atoms with Gasteiger partial charge in [-0.2, -0.15) is 0 Å². The molecule has 4 heteroatoms. The number of ether oxygens (including phenoxy) is 1. The first-order valence-electron chi connectivity index (χ1n) is 6.04. The second kappa shape index (κ2) is 5.72. The summed E-state index contributed by atoms with van der Waals surface area (Å²) in [5.41, 5.74) is 8.18. The van der Waals surface area contributed by atoms with Crippen LogP contribution in [0.15, 0.2) is 47.2 Å². The summed E-state index contributed by atoms with van der Waals surface area (Å²) in [5, 5.41) is 0. The van der Waals surface area contributed by atoms with Crippen molar-refractivity contribution < 1.29 is 4.74 Å². The van der Waals surface area contributed by atoms with E-state index in [2.05, 4.69) is 20.9 Å². The molecule has 0 aliphatic rings. The van der Waals surface area contributed by atoms with Gasteiger partial charge in [-0.1, -0.05) is 12.1 Å². The minimum absolute atomic E-state index is 0.436. The molecule has 2 N–H and O–H groups in total. The molecule has 0 amide bonds. The summed E-state index contributed by atoms with van der Waals surface area (Å²) in [6.45, 7) is 2.02. The average molecular weight is 321 g/mol. The number of hydrogen-bond donors (Lipinski definition) is 1. The van der Waals surface area contributed by atoms with Crippen molar-refractivity contribution in [2.75, 3.05) is 7.11 Å². The fraction of sp³-hybridized carbons (Fsp3) is 0.267. The zero-order chi connectivity index (χ0) is 13.9. The van der Waals surface area contributed by atoms with Crippen molar-refractivity contribution in [3.63, 3.8) is 0 Å². The average Bonchev–Trinajstić information content (AvgIpc) is 2.38. The van der Waals surface area contributed by atoms with Crippen LogP contribution in [0, 0.1) is 0 Å². The summed E-state index contributed by atoms with van der Waals surface area (Å²) < 4.78 is 6.13. The van der Waals surface area contributed by atoms with E-state index in [1.807, 2.05) is 43.5 Å². The quantitative estimate of drug-likeness (QED) is 0.940. The molecule has 2 rings (SSSR count). The van der Waals surface area contributed by atoms with Gasteiger partial charge in [0.15, 0.2) is 0 Å². The van der Waals surface area contributed by atoms with Gasteiger partial charge >= 0.3 is 0 Å². The van der Waals surface area contributed by atoms with Crippen molar-refractivity contribution in [2.45, 2.75) is 18.9 Å². The van der Waals surface area contributed by atoms with Gasteiger partial charge in [-0.3, -0.25) is 4.98 Å². The van der Waals surface area contributed by atoms with Crippen LogP contribution < -0.4 is 10.5 Å². The van der Waals surface area contributed by atoms with Crippen LogP contribution in [0.2, 0.25) is 0 Å². The number of rotatable bonds is 4. The molecule has 1 heterocycles. The lowest BCUT2D eigenvalue weighted by atomic mass is 9.87. The number of aromatic nitrogens is 1. The molecule has 0 bridgehead atoms. The number of pyridine rings is 1. The maximum atomic E-state index is 6.43. The van der Waals surface area contributed by atoms with Crippen LogP contribution in [0.1, 0.15) is 18.1 Å². The number of nitrogens with zero attached hydrogens (tertiary/aromatic N) is 1. The Morgan fingerprint density at radius 2 is 1.95 bits per heavy atom. The Bertz CT molecular complexity index is 552. The van der Waals surface area contributed by atoms with Crippen molar-refractivity contribution in [2.24, 2.45) is 5.73 Å². The molecule has 1 aromatic carbocycles. The van der Waals surface area contributed by atoms with Crippen LogP contribution in [0.25, 0.3) is 0 Å². The Morgan fingerprint density at radius 3 is 2.53 bits per heavy atom. The van der Waals surface area contributed by atoms with Gasteiger partial charge in [0.25, 0.3) is 0 Å². The normalized spacial score (nSPS) is 13.9. The van der Waals surface area contributed by atoms with Crippen LogP contribution in [0.4, 0.5) is 0 Å². The maximum Gasteiger partial charge on any atom is 0.118 e. The fourth-order valence-corrected chi connectivity index (χ4v) is 2.46. The first kappa shape index (κ1) is 14.0. The third-order valence-electron chi connectivity index (χ3n) is 3.08. The van der Waals surface area contributed by atoms with Gasteiger partial charge in [0, 0.05) is 22.4 Å². The Kier molecular flexibility index (Phi) is 4.22. The van der Waals surface area contributed by atoms with Crippen LogP contribution >= 0.6 is 15.9 Å². The Balaban J connectivity index is 2.21. The molecular weight excluding hydrogens is 304 g/mol. The summed E-state index contributed by atoms with van der Waals surface area (Å²) in [7, 11) is 1.66. The molecule has 100 valence electrons. The third kappa shape index (κ3) is 3.55. The van der Waals surface area contributed by atoms with Crippen molar-refractivity contribution in [1.29, 1.82) is 0 Å². The van der Waals surface area contributed by atoms with E-state index in [-0.39, 0.29) is 0 Å². The maximum absolute atomic E-state index is 6.43. The molecule has 1 atom stereocenters. The van der Waals surface area contributed by atoms with E-state index < -0.39 is 5.54 Å². The lowest BCUT2D eigenvalue weighted by molar-refractivity contribution is 0.413. The predicted molar refractivity (Wildman–Crippen MR) is 80.2 cm³/mol. The fourth-order valence-electron chi connectivity index (χ4n) is 2.05. The molecule has 19 heavy (non-hydrogen) atoms. The predicted octanol–water partition coefficient (Wildman–Crippen LogP) is 3.27. The molecule has 1 unspecified atom stereocenters. The number of nitrogens with two attached hydrogens (primary N) is 1. The van der Waals surface area contributed by atoms with Crippen molar-refractivity contribution in [1.82, 2.24) is 4.98 Å². The van der Waals surface area contributed by atoms with E-state index in [1.165, 1.54) is 0 Å². The molecule has 0 aliphatic carbocycles. The zero-order valence-corrected chi connectivity index (χ0v) is 12.6. The first-order chi connectivity index (χ1) is 9.01. The van der Waals surface area contributed by atoms with E-state index in [0.717, 1.165) is 27.8 Å². The summed E-state index contributed by atoms with van der Waals surface area (Å²) in [5.74, 6) is 0.837. The van der Waals surface area contributed by atoms with E-state index in [1.54, 1.807) is 13.3 Å². The number of methoxy groups -OCH3 is 1. The standard InChI is InChI=1S/C15H17BrN2O/c1-15(17,8-11-7-13(16)10-18-9-11)12-3-5-14(19-2)6-4-12/h3-7,9-10H,8,17H2,1-2H3. The largest absolute Gasteiger partial charge is 0.497 e. The van der Waals surface area contributed by atoms with E-state index >= 15 is 0 Å². The van der Waals surface area contributed by atoms with Gasteiger partial charge < -0.3 is 10.5 Å². The summed E-state index contributed by atoms with van der Waals surface area (Å²) >= 11 is 3.42. The second-order valence-electron chi connectivity index (χ2n) is 4.83. The molecule has 0 saturated heterocycles. The van der Waals surface area contributed by atoms with Crippen molar-refractivity contribution in [3.05, 3.63) is 58.3 Å². The topological polar surface area (TPSA) is 48.1 Å². The van der Waals surface area contributed by atoms with E-state index in [4.69, 9.17) is 10.5 Å². The SMILES string of the molecule is COc1ccc(C(C)(N)Cc2cncc(Br)c2)cc1. The summed E-state index contributed by atoms with van der Waals surface area (Å²) in [6, 6.07) is 9.91. The van der Waals surface area contributed by atoms with Gasteiger partial charge in [-0.15, -0.1) is 0 Å². The number of benzene rings is 1. The van der Waals surface area contributed by atoms with E-state index in [0.29, 0.717) is 0 Å². The highest BCUT2D eigenvalue weighted by molar-refractivity contribution is 9.10. The first-order valence-corrected chi connectivity index (χ1v) is 6.83. The third-order valence-corrected chi connectivity index (χ3v) is 3.52.